The van der Waals surface area contributed by atoms with Crippen LogP contribution in [-0.4, -0.2) is 25.6 Å². The Kier molecular flexibility index (Phi) is 4.46. The molecule has 0 amide bonds. The average molecular weight is 359 g/mol. The minimum atomic E-state index is 0.492. The molecule has 1 aromatic carbocycles. The number of aliphatic imine (C=N–C) groups is 1. The average Bonchev–Trinajstić information content (AvgIpc) is 2.78. The van der Waals surface area contributed by atoms with Gasteiger partial charge in [-0.05, 0) is 0 Å². The van der Waals surface area contributed by atoms with Crippen LogP contribution in [0.15, 0.2) is 33.7 Å². The zero-order valence-corrected chi connectivity index (χ0v) is 13.8. The molecule has 1 nitrogen and oxygen atoms in total. The topological polar surface area (TPSA) is 12.4 Å². The molecule has 92 valence electrons. The number of rotatable bonds is 3. The van der Waals surface area contributed by atoms with E-state index >= 15 is 0 Å². The van der Waals surface area contributed by atoms with E-state index in [-0.39, 0.29) is 0 Å². The molecule has 0 radical (unpaired) electrons. The van der Waals surface area contributed by atoms with E-state index in [1.54, 1.807) is 0 Å². The van der Waals surface area contributed by atoms with Crippen LogP contribution < -0.4 is 0 Å². The van der Waals surface area contributed by atoms with E-state index in [0.717, 1.165) is 4.47 Å². The van der Waals surface area contributed by atoms with E-state index in [9.17, 15) is 0 Å². The summed E-state index contributed by atoms with van der Waals surface area (Å²) < 4.78 is 2.59. The normalized spacial score (nSPS) is 21.7. The summed E-state index contributed by atoms with van der Waals surface area (Å²) in [5, 5.41) is 1.29. The molecule has 1 aliphatic rings. The maximum absolute atomic E-state index is 4.92. The van der Waals surface area contributed by atoms with Crippen molar-refractivity contribution in [2.24, 2.45) is 10.9 Å². The van der Waals surface area contributed by atoms with Gasteiger partial charge < -0.3 is 0 Å². The molecule has 3 heteroatoms. The Morgan fingerprint density at radius 3 is 2.41 bits per heavy atom. The molecule has 17 heavy (non-hydrogen) atoms. The molecule has 2 atom stereocenters. The molecule has 0 saturated carbocycles. The van der Waals surface area contributed by atoms with E-state index in [1.165, 1.54) is 15.5 Å². The fourth-order valence-corrected chi connectivity index (χ4v) is 5.08. The van der Waals surface area contributed by atoms with Crippen molar-refractivity contribution >= 4 is 35.5 Å². The Morgan fingerprint density at radius 2 is 1.88 bits per heavy atom. The van der Waals surface area contributed by atoms with Gasteiger partial charge in [-0.25, -0.2) is 0 Å². The number of hydrogen-bond donors (Lipinski definition) is 0. The predicted molar refractivity (Wildman–Crippen MR) is 79.2 cm³/mol. The molecule has 0 aliphatic carbocycles. The number of halogens is 1. The first-order chi connectivity index (χ1) is 8.08. The summed E-state index contributed by atoms with van der Waals surface area (Å²) in [6.45, 7) is 6.83. The van der Waals surface area contributed by atoms with Gasteiger partial charge in [-0.2, -0.15) is 0 Å². The van der Waals surface area contributed by atoms with Crippen LogP contribution in [0.5, 0.6) is 0 Å². The van der Waals surface area contributed by atoms with Gasteiger partial charge in [0.25, 0.3) is 0 Å². The van der Waals surface area contributed by atoms with Crippen molar-refractivity contribution in [2.45, 2.75) is 38.1 Å². The maximum atomic E-state index is 4.92. The third kappa shape index (κ3) is 3.21. The van der Waals surface area contributed by atoms with Gasteiger partial charge in [-0.15, -0.1) is 0 Å². The zero-order chi connectivity index (χ0) is 12.4. The van der Waals surface area contributed by atoms with Gasteiger partial charge in [0, 0.05) is 0 Å². The molecule has 0 fully saturated rings. The van der Waals surface area contributed by atoms with E-state index in [2.05, 4.69) is 61.0 Å². The van der Waals surface area contributed by atoms with Gasteiger partial charge in [0.15, 0.2) is 0 Å². The van der Waals surface area contributed by atoms with Crippen LogP contribution in [0.25, 0.3) is 0 Å². The second-order valence-electron chi connectivity index (χ2n) is 4.86. The predicted octanol–water partition coefficient (Wildman–Crippen LogP) is 4.11. The molecular formula is C14H18BrNSe. The van der Waals surface area contributed by atoms with Crippen LogP contribution in [0.2, 0.25) is 5.32 Å². The van der Waals surface area contributed by atoms with Gasteiger partial charge in [0.1, 0.15) is 0 Å². The van der Waals surface area contributed by atoms with Crippen molar-refractivity contribution in [3.05, 3.63) is 34.3 Å². The summed E-state index contributed by atoms with van der Waals surface area (Å²) >= 11 is 4.08. The fraction of sp³-hybridized carbons (Fsp3) is 0.500. The summed E-state index contributed by atoms with van der Waals surface area (Å²) in [5.41, 5.74) is 1.39. The van der Waals surface area contributed by atoms with Crippen molar-refractivity contribution in [1.29, 1.82) is 0 Å². The van der Waals surface area contributed by atoms with Crippen molar-refractivity contribution in [1.82, 2.24) is 0 Å². The number of benzene rings is 1. The number of nitrogens with zero attached hydrogens (tertiary/aromatic N) is 1. The molecule has 1 aromatic rings. The van der Waals surface area contributed by atoms with Crippen LogP contribution in [0.4, 0.5) is 0 Å². The van der Waals surface area contributed by atoms with Gasteiger partial charge in [-0.3, -0.25) is 0 Å². The monoisotopic (exact) mass is 359 g/mol. The Hall–Kier alpha value is -0.111. The van der Waals surface area contributed by atoms with Crippen molar-refractivity contribution in [3.63, 3.8) is 0 Å². The molecule has 0 aromatic heterocycles. The van der Waals surface area contributed by atoms with E-state index in [1.807, 2.05) is 0 Å². The molecule has 1 heterocycles. The Balaban J connectivity index is 2.13. The SMILES string of the molecule is CC(C1=N[C@@H](C(C)C)C[Se]1)c1ccc(Br)cc1. The zero-order valence-electron chi connectivity index (χ0n) is 10.5. The van der Waals surface area contributed by atoms with E-state index in [4.69, 9.17) is 4.99 Å². The van der Waals surface area contributed by atoms with Crippen LogP contribution in [0.3, 0.4) is 0 Å². The molecule has 0 spiro atoms. The second-order valence-corrected chi connectivity index (χ2v) is 7.96. The van der Waals surface area contributed by atoms with Crippen molar-refractivity contribution in [3.8, 4) is 0 Å². The Bertz CT molecular complexity index is 411. The van der Waals surface area contributed by atoms with Gasteiger partial charge in [0.2, 0.25) is 0 Å². The quantitative estimate of drug-likeness (QED) is 0.721. The number of hydrogen-bond acceptors (Lipinski definition) is 1. The summed E-state index contributed by atoms with van der Waals surface area (Å²) in [6, 6.07) is 9.22. The van der Waals surface area contributed by atoms with Crippen molar-refractivity contribution < 1.29 is 0 Å². The van der Waals surface area contributed by atoms with Crippen LogP contribution >= 0.6 is 15.9 Å². The first-order valence-electron chi connectivity index (χ1n) is 6.04. The third-order valence-corrected chi connectivity index (χ3v) is 6.38. The standard InChI is InChI=1S/C14H18BrNSe/c1-9(2)13-8-17-14(16-13)10(3)11-4-6-12(15)7-5-11/h4-7,9-10,13H,8H2,1-3H3/t10?,13-/m1/s1. The molecule has 1 aliphatic heterocycles. The van der Waals surface area contributed by atoms with Crippen LogP contribution in [-0.2, 0) is 0 Å². The van der Waals surface area contributed by atoms with Gasteiger partial charge in [-0.1, -0.05) is 0 Å². The van der Waals surface area contributed by atoms with E-state index in [0.29, 0.717) is 32.8 Å². The third-order valence-electron chi connectivity index (χ3n) is 3.21. The second kappa shape index (κ2) is 5.69. The minimum absolute atomic E-state index is 0.492. The Labute approximate surface area is 118 Å². The first-order valence-corrected chi connectivity index (χ1v) is 8.90. The summed E-state index contributed by atoms with van der Waals surface area (Å²) in [6.07, 6.45) is 0. The molecule has 0 bridgehead atoms. The molecule has 1 unspecified atom stereocenters. The van der Waals surface area contributed by atoms with Gasteiger partial charge in [0.05, 0.1) is 0 Å². The first kappa shape index (κ1) is 13.3. The molecule has 0 saturated heterocycles. The summed E-state index contributed by atoms with van der Waals surface area (Å²) in [5.74, 6) is 1.18. The fourth-order valence-electron chi connectivity index (χ4n) is 1.88. The molecule has 0 N–H and O–H groups in total. The van der Waals surface area contributed by atoms with E-state index < -0.39 is 0 Å². The van der Waals surface area contributed by atoms with Crippen molar-refractivity contribution in [2.75, 3.05) is 0 Å². The summed E-state index contributed by atoms with van der Waals surface area (Å²) in [7, 11) is 0. The molecular weight excluding hydrogens is 341 g/mol. The van der Waals surface area contributed by atoms with Crippen LogP contribution in [0, 0.1) is 5.92 Å². The Morgan fingerprint density at radius 1 is 1.24 bits per heavy atom. The summed E-state index contributed by atoms with van der Waals surface area (Å²) in [4.78, 5) is 4.92. The van der Waals surface area contributed by atoms with Crippen LogP contribution in [0.1, 0.15) is 32.3 Å². The molecule has 2 rings (SSSR count). The van der Waals surface area contributed by atoms with Gasteiger partial charge >= 0.3 is 119 Å².